The van der Waals surface area contributed by atoms with Crippen LogP contribution in [0.3, 0.4) is 0 Å². The number of rotatable bonds is 3. The van der Waals surface area contributed by atoms with Crippen molar-refractivity contribution >= 4 is 0 Å². The second kappa shape index (κ2) is 5.18. The number of hydrogen-bond donors (Lipinski definition) is 1. The molecule has 1 nitrogen and oxygen atoms in total. The highest BCUT2D eigenvalue weighted by atomic mass is 19.1. The van der Waals surface area contributed by atoms with Gasteiger partial charge in [0, 0.05) is 12.0 Å². The van der Waals surface area contributed by atoms with Crippen molar-refractivity contribution in [3.05, 3.63) is 35.1 Å². The Hall–Kier alpha value is -0.890. The zero-order valence-electron chi connectivity index (χ0n) is 11.0. The Labute approximate surface area is 103 Å². The van der Waals surface area contributed by atoms with Crippen molar-refractivity contribution in [2.45, 2.75) is 45.6 Å². The molecule has 0 saturated carbocycles. The maximum atomic E-state index is 13.3. The SMILES string of the molecule is Cc1cc(C2CCNC2CC(C)C)ccc1F. The Morgan fingerprint density at radius 3 is 2.82 bits per heavy atom. The van der Waals surface area contributed by atoms with Crippen molar-refractivity contribution in [2.75, 3.05) is 6.54 Å². The lowest BCUT2D eigenvalue weighted by Gasteiger charge is -2.22. The van der Waals surface area contributed by atoms with Crippen molar-refractivity contribution in [3.63, 3.8) is 0 Å². The molecular formula is C15H22FN. The summed E-state index contributed by atoms with van der Waals surface area (Å²) in [4.78, 5) is 0. The standard InChI is InChI=1S/C15H22FN/c1-10(2)8-15-13(6-7-17-15)12-4-5-14(16)11(3)9-12/h4-5,9-10,13,15,17H,6-8H2,1-3H3. The molecule has 94 valence electrons. The lowest BCUT2D eigenvalue weighted by molar-refractivity contribution is 0.433. The largest absolute Gasteiger partial charge is 0.313 e. The van der Waals surface area contributed by atoms with Gasteiger partial charge in [0.25, 0.3) is 0 Å². The molecule has 1 aromatic rings. The van der Waals surface area contributed by atoms with E-state index in [1.807, 2.05) is 19.1 Å². The Morgan fingerprint density at radius 1 is 1.41 bits per heavy atom. The van der Waals surface area contributed by atoms with Gasteiger partial charge in [-0.1, -0.05) is 26.0 Å². The lowest BCUT2D eigenvalue weighted by Crippen LogP contribution is -2.27. The highest BCUT2D eigenvalue weighted by Crippen LogP contribution is 2.31. The third kappa shape index (κ3) is 2.86. The van der Waals surface area contributed by atoms with Gasteiger partial charge < -0.3 is 5.32 Å². The molecule has 2 atom stereocenters. The smallest absolute Gasteiger partial charge is 0.126 e. The molecule has 17 heavy (non-hydrogen) atoms. The van der Waals surface area contributed by atoms with Gasteiger partial charge in [-0.3, -0.25) is 0 Å². The van der Waals surface area contributed by atoms with Gasteiger partial charge in [0.05, 0.1) is 0 Å². The van der Waals surface area contributed by atoms with E-state index in [0.29, 0.717) is 17.9 Å². The van der Waals surface area contributed by atoms with Gasteiger partial charge in [-0.2, -0.15) is 0 Å². The summed E-state index contributed by atoms with van der Waals surface area (Å²) in [5.74, 6) is 1.16. The fourth-order valence-corrected chi connectivity index (χ4v) is 2.82. The first-order valence-corrected chi connectivity index (χ1v) is 6.57. The molecule has 1 fully saturated rings. The van der Waals surface area contributed by atoms with E-state index in [-0.39, 0.29) is 5.82 Å². The van der Waals surface area contributed by atoms with E-state index >= 15 is 0 Å². The van der Waals surface area contributed by atoms with Gasteiger partial charge >= 0.3 is 0 Å². The molecule has 0 radical (unpaired) electrons. The number of halogens is 1. The summed E-state index contributed by atoms with van der Waals surface area (Å²) in [7, 11) is 0. The van der Waals surface area contributed by atoms with Crippen LogP contribution in [0.25, 0.3) is 0 Å². The first-order valence-electron chi connectivity index (χ1n) is 6.57. The van der Waals surface area contributed by atoms with Gasteiger partial charge in [-0.25, -0.2) is 4.39 Å². The summed E-state index contributed by atoms with van der Waals surface area (Å²) in [6.45, 7) is 7.44. The van der Waals surface area contributed by atoms with E-state index in [9.17, 15) is 4.39 Å². The van der Waals surface area contributed by atoms with Gasteiger partial charge in [0.15, 0.2) is 0 Å². The predicted octanol–water partition coefficient (Wildman–Crippen LogP) is 3.63. The Balaban J connectivity index is 2.17. The summed E-state index contributed by atoms with van der Waals surface area (Å²) in [5, 5.41) is 3.58. The topological polar surface area (TPSA) is 12.0 Å². The van der Waals surface area contributed by atoms with Crippen LogP contribution in [-0.2, 0) is 0 Å². The molecule has 2 heteroatoms. The average Bonchev–Trinajstić information content (AvgIpc) is 2.69. The van der Waals surface area contributed by atoms with Gasteiger partial charge in [0.2, 0.25) is 0 Å². The van der Waals surface area contributed by atoms with Crippen molar-refractivity contribution in [2.24, 2.45) is 5.92 Å². The highest BCUT2D eigenvalue weighted by molar-refractivity contribution is 5.28. The Kier molecular flexibility index (Phi) is 3.82. The van der Waals surface area contributed by atoms with Crippen LogP contribution in [0, 0.1) is 18.7 Å². The second-order valence-electron chi connectivity index (χ2n) is 5.59. The van der Waals surface area contributed by atoms with E-state index in [4.69, 9.17) is 0 Å². The van der Waals surface area contributed by atoms with Crippen LogP contribution in [0.1, 0.15) is 43.7 Å². The summed E-state index contributed by atoms with van der Waals surface area (Å²) >= 11 is 0. The van der Waals surface area contributed by atoms with Gasteiger partial charge in [0.1, 0.15) is 5.82 Å². The minimum Gasteiger partial charge on any atom is -0.313 e. The van der Waals surface area contributed by atoms with Crippen LogP contribution >= 0.6 is 0 Å². The molecule has 2 rings (SSSR count). The van der Waals surface area contributed by atoms with E-state index in [1.165, 1.54) is 18.4 Å². The Morgan fingerprint density at radius 2 is 2.18 bits per heavy atom. The van der Waals surface area contributed by atoms with Crippen molar-refractivity contribution < 1.29 is 4.39 Å². The Bertz CT molecular complexity index is 387. The molecule has 0 spiro atoms. The second-order valence-corrected chi connectivity index (χ2v) is 5.59. The van der Waals surface area contributed by atoms with Gasteiger partial charge in [-0.05, 0) is 49.4 Å². The van der Waals surface area contributed by atoms with E-state index < -0.39 is 0 Å². The molecule has 2 unspecified atom stereocenters. The molecule has 1 aliphatic heterocycles. The van der Waals surface area contributed by atoms with Crippen molar-refractivity contribution in [3.8, 4) is 0 Å². The molecule has 1 aromatic carbocycles. The summed E-state index contributed by atoms with van der Waals surface area (Å²) in [6, 6.07) is 6.13. The molecule has 1 saturated heterocycles. The third-order valence-corrected chi connectivity index (χ3v) is 3.68. The molecule has 1 aliphatic rings. The first-order chi connectivity index (χ1) is 8.08. The summed E-state index contributed by atoms with van der Waals surface area (Å²) in [5.41, 5.74) is 2.05. The van der Waals surface area contributed by atoms with E-state index in [1.54, 1.807) is 6.07 Å². The first kappa shape index (κ1) is 12.6. The fourth-order valence-electron chi connectivity index (χ4n) is 2.82. The molecule has 0 bridgehead atoms. The van der Waals surface area contributed by atoms with Crippen LogP contribution in [-0.4, -0.2) is 12.6 Å². The quantitative estimate of drug-likeness (QED) is 0.843. The number of benzene rings is 1. The summed E-state index contributed by atoms with van der Waals surface area (Å²) in [6.07, 6.45) is 2.36. The molecule has 1 N–H and O–H groups in total. The van der Waals surface area contributed by atoms with Crippen LogP contribution in [0.5, 0.6) is 0 Å². The maximum Gasteiger partial charge on any atom is 0.126 e. The number of hydrogen-bond acceptors (Lipinski definition) is 1. The van der Waals surface area contributed by atoms with Crippen molar-refractivity contribution in [1.29, 1.82) is 0 Å². The molecule has 0 aromatic heterocycles. The minimum absolute atomic E-state index is 0.0971. The van der Waals surface area contributed by atoms with E-state index in [0.717, 1.165) is 12.1 Å². The number of nitrogens with one attached hydrogen (secondary N) is 1. The highest BCUT2D eigenvalue weighted by Gasteiger charge is 2.28. The maximum absolute atomic E-state index is 13.3. The minimum atomic E-state index is -0.0971. The molecule has 0 aliphatic carbocycles. The predicted molar refractivity (Wildman–Crippen MR) is 69.7 cm³/mol. The molecule has 1 heterocycles. The van der Waals surface area contributed by atoms with Crippen LogP contribution in [0.15, 0.2) is 18.2 Å². The van der Waals surface area contributed by atoms with Crippen LogP contribution in [0.2, 0.25) is 0 Å². The van der Waals surface area contributed by atoms with E-state index in [2.05, 4.69) is 19.2 Å². The zero-order valence-corrected chi connectivity index (χ0v) is 11.0. The van der Waals surface area contributed by atoms with Crippen molar-refractivity contribution in [1.82, 2.24) is 5.32 Å². The fraction of sp³-hybridized carbons (Fsp3) is 0.600. The lowest BCUT2D eigenvalue weighted by atomic mass is 9.87. The zero-order chi connectivity index (χ0) is 12.4. The van der Waals surface area contributed by atoms with Crippen LogP contribution in [0.4, 0.5) is 4.39 Å². The average molecular weight is 235 g/mol. The normalized spacial score (nSPS) is 24.5. The number of aryl methyl sites for hydroxylation is 1. The summed E-state index contributed by atoms with van der Waals surface area (Å²) < 4.78 is 13.3. The van der Waals surface area contributed by atoms with Gasteiger partial charge in [-0.15, -0.1) is 0 Å². The molecule has 0 amide bonds. The van der Waals surface area contributed by atoms with Crippen LogP contribution < -0.4 is 5.32 Å². The third-order valence-electron chi connectivity index (χ3n) is 3.68. The monoisotopic (exact) mass is 235 g/mol. The molecular weight excluding hydrogens is 213 g/mol.